The first kappa shape index (κ1) is 15.4. The molecular formula is C16H23N3O2. The van der Waals surface area contributed by atoms with Gasteiger partial charge in [-0.3, -0.25) is 9.20 Å². The van der Waals surface area contributed by atoms with Gasteiger partial charge in [0.2, 0.25) is 0 Å². The Morgan fingerprint density at radius 1 is 1.33 bits per heavy atom. The second kappa shape index (κ2) is 6.61. The molecule has 114 valence electrons. The van der Waals surface area contributed by atoms with Crippen LogP contribution >= 0.6 is 0 Å². The van der Waals surface area contributed by atoms with Crippen molar-refractivity contribution in [2.75, 3.05) is 20.2 Å². The molecule has 0 fully saturated rings. The Bertz CT molecular complexity index is 628. The molecule has 0 atom stereocenters. The third kappa shape index (κ3) is 2.86. The number of hydrogen-bond acceptors (Lipinski definition) is 3. The van der Waals surface area contributed by atoms with Gasteiger partial charge in [-0.15, -0.1) is 0 Å². The molecule has 5 heteroatoms. The predicted molar refractivity (Wildman–Crippen MR) is 83.0 cm³/mol. The molecule has 0 saturated carbocycles. The third-order valence-electron chi connectivity index (χ3n) is 3.49. The van der Waals surface area contributed by atoms with Crippen LogP contribution in [0.3, 0.4) is 0 Å². The van der Waals surface area contributed by atoms with Gasteiger partial charge in [0.1, 0.15) is 5.69 Å². The van der Waals surface area contributed by atoms with Gasteiger partial charge in [0.15, 0.2) is 11.4 Å². The van der Waals surface area contributed by atoms with Crippen LogP contribution in [-0.4, -0.2) is 40.4 Å². The van der Waals surface area contributed by atoms with Gasteiger partial charge < -0.3 is 9.64 Å². The van der Waals surface area contributed by atoms with E-state index in [0.29, 0.717) is 17.1 Å². The summed E-state index contributed by atoms with van der Waals surface area (Å²) in [5, 5.41) is 0. The van der Waals surface area contributed by atoms with E-state index in [0.717, 1.165) is 31.6 Å². The van der Waals surface area contributed by atoms with Crippen molar-refractivity contribution < 1.29 is 9.53 Å². The summed E-state index contributed by atoms with van der Waals surface area (Å²) in [4.78, 5) is 19.2. The van der Waals surface area contributed by atoms with Crippen LogP contribution in [0.5, 0.6) is 5.75 Å². The Kier molecular flexibility index (Phi) is 4.83. The minimum atomic E-state index is 0.0388. The van der Waals surface area contributed by atoms with Gasteiger partial charge in [-0.1, -0.05) is 13.8 Å². The fraction of sp³-hybridized carbons (Fsp3) is 0.500. The first-order valence-electron chi connectivity index (χ1n) is 7.44. The van der Waals surface area contributed by atoms with E-state index in [1.807, 2.05) is 34.6 Å². The summed E-state index contributed by atoms with van der Waals surface area (Å²) in [7, 11) is 1.61. The van der Waals surface area contributed by atoms with Gasteiger partial charge in [0, 0.05) is 19.3 Å². The smallest absolute Gasteiger partial charge is 0.272 e. The topological polar surface area (TPSA) is 46.8 Å². The second-order valence-corrected chi connectivity index (χ2v) is 5.11. The van der Waals surface area contributed by atoms with Gasteiger partial charge >= 0.3 is 0 Å². The minimum absolute atomic E-state index is 0.0388. The number of carbonyl (C=O) groups excluding carboxylic acids is 1. The summed E-state index contributed by atoms with van der Waals surface area (Å²) in [6.07, 6.45) is 3.76. The van der Waals surface area contributed by atoms with E-state index < -0.39 is 0 Å². The van der Waals surface area contributed by atoms with Gasteiger partial charge in [0.05, 0.1) is 12.8 Å². The summed E-state index contributed by atoms with van der Waals surface area (Å²) in [5.74, 6) is 0.717. The number of amides is 1. The number of methoxy groups -OCH3 is 1. The van der Waals surface area contributed by atoms with Crippen LogP contribution in [0.1, 0.15) is 42.9 Å². The molecule has 0 aliphatic heterocycles. The van der Waals surface area contributed by atoms with Gasteiger partial charge in [-0.25, -0.2) is 4.98 Å². The molecule has 0 aliphatic rings. The van der Waals surface area contributed by atoms with Crippen molar-refractivity contribution in [3.05, 3.63) is 29.7 Å². The van der Waals surface area contributed by atoms with E-state index in [-0.39, 0.29) is 5.91 Å². The van der Waals surface area contributed by atoms with Crippen LogP contribution in [0.4, 0.5) is 0 Å². The zero-order chi connectivity index (χ0) is 15.4. The van der Waals surface area contributed by atoms with E-state index in [1.165, 1.54) is 0 Å². The highest BCUT2D eigenvalue weighted by atomic mass is 16.5. The summed E-state index contributed by atoms with van der Waals surface area (Å²) >= 11 is 0. The van der Waals surface area contributed by atoms with Crippen LogP contribution in [0.2, 0.25) is 0 Å². The summed E-state index contributed by atoms with van der Waals surface area (Å²) in [6.45, 7) is 7.57. The monoisotopic (exact) mass is 289 g/mol. The van der Waals surface area contributed by atoms with Crippen molar-refractivity contribution in [3.63, 3.8) is 0 Å². The number of carbonyl (C=O) groups is 1. The van der Waals surface area contributed by atoms with Gasteiger partial charge in [-0.05, 0) is 31.9 Å². The molecule has 21 heavy (non-hydrogen) atoms. The number of ether oxygens (including phenoxy) is 1. The van der Waals surface area contributed by atoms with E-state index in [2.05, 4.69) is 18.8 Å². The lowest BCUT2D eigenvalue weighted by molar-refractivity contribution is 0.0748. The number of hydrogen-bond donors (Lipinski definition) is 0. The minimum Gasteiger partial charge on any atom is -0.493 e. The largest absolute Gasteiger partial charge is 0.493 e. The maximum Gasteiger partial charge on any atom is 0.272 e. The van der Waals surface area contributed by atoms with E-state index in [4.69, 9.17) is 4.74 Å². The molecule has 0 saturated heterocycles. The molecule has 0 aromatic carbocycles. The van der Waals surface area contributed by atoms with Crippen molar-refractivity contribution in [1.29, 1.82) is 0 Å². The maximum absolute atomic E-state index is 12.8. The number of aromatic nitrogens is 2. The number of rotatable bonds is 6. The lowest BCUT2D eigenvalue weighted by atomic mass is 10.2. The maximum atomic E-state index is 12.8. The average Bonchev–Trinajstić information content (AvgIpc) is 2.82. The second-order valence-electron chi connectivity index (χ2n) is 5.11. The average molecular weight is 289 g/mol. The zero-order valence-electron chi connectivity index (χ0n) is 13.2. The molecule has 0 unspecified atom stereocenters. The highest BCUT2D eigenvalue weighted by Crippen LogP contribution is 2.22. The summed E-state index contributed by atoms with van der Waals surface area (Å²) in [5.41, 5.74) is 2.06. The highest BCUT2D eigenvalue weighted by Gasteiger charge is 2.22. The Hall–Kier alpha value is -2.04. The first-order valence-corrected chi connectivity index (χ1v) is 7.44. The molecule has 0 spiro atoms. The highest BCUT2D eigenvalue weighted by molar-refractivity contribution is 5.95. The molecule has 2 heterocycles. The van der Waals surface area contributed by atoms with Crippen LogP contribution < -0.4 is 4.74 Å². The summed E-state index contributed by atoms with van der Waals surface area (Å²) in [6, 6.07) is 3.72. The van der Waals surface area contributed by atoms with E-state index >= 15 is 0 Å². The summed E-state index contributed by atoms with van der Waals surface area (Å²) < 4.78 is 7.15. The number of nitrogens with zero attached hydrogens (tertiary/aromatic N) is 3. The molecule has 2 aromatic rings. The van der Waals surface area contributed by atoms with Crippen LogP contribution in [0, 0.1) is 6.92 Å². The normalized spacial score (nSPS) is 10.9. The lowest BCUT2D eigenvalue weighted by Crippen LogP contribution is -2.33. The Labute approximate surface area is 125 Å². The zero-order valence-corrected chi connectivity index (χ0v) is 13.2. The number of pyridine rings is 1. The standard InChI is InChI=1S/C16H23N3O2/c1-5-9-18(10-6-2)16(20)14-12(3)17-15-13(21-4)8-7-11-19(14)15/h7-8,11H,5-6,9-10H2,1-4H3. The molecule has 0 radical (unpaired) electrons. The van der Waals surface area contributed by atoms with Crippen LogP contribution in [0.25, 0.3) is 5.65 Å². The van der Waals surface area contributed by atoms with Gasteiger partial charge in [-0.2, -0.15) is 0 Å². The molecule has 0 aliphatic carbocycles. The first-order chi connectivity index (χ1) is 10.1. The quantitative estimate of drug-likeness (QED) is 0.821. The van der Waals surface area contributed by atoms with Crippen molar-refractivity contribution in [1.82, 2.24) is 14.3 Å². The fourth-order valence-corrected chi connectivity index (χ4v) is 2.58. The molecule has 5 nitrogen and oxygen atoms in total. The fourth-order valence-electron chi connectivity index (χ4n) is 2.58. The molecule has 2 rings (SSSR count). The Morgan fingerprint density at radius 3 is 2.57 bits per heavy atom. The van der Waals surface area contributed by atoms with Crippen molar-refractivity contribution >= 4 is 11.6 Å². The lowest BCUT2D eigenvalue weighted by Gasteiger charge is -2.21. The van der Waals surface area contributed by atoms with Crippen LogP contribution in [0.15, 0.2) is 18.3 Å². The number of fused-ring (bicyclic) bond motifs is 1. The molecule has 0 bridgehead atoms. The third-order valence-corrected chi connectivity index (χ3v) is 3.49. The van der Waals surface area contributed by atoms with E-state index in [1.54, 1.807) is 7.11 Å². The molecular weight excluding hydrogens is 266 g/mol. The predicted octanol–water partition coefficient (Wildman–Crippen LogP) is 2.91. The molecule has 2 aromatic heterocycles. The Balaban J connectivity index is 2.50. The van der Waals surface area contributed by atoms with Crippen molar-refractivity contribution in [2.45, 2.75) is 33.6 Å². The van der Waals surface area contributed by atoms with Crippen LogP contribution in [-0.2, 0) is 0 Å². The van der Waals surface area contributed by atoms with Gasteiger partial charge in [0.25, 0.3) is 5.91 Å². The number of imidazole rings is 1. The number of aryl methyl sites for hydroxylation is 1. The van der Waals surface area contributed by atoms with Crippen molar-refractivity contribution in [3.8, 4) is 5.75 Å². The SMILES string of the molecule is CCCN(CCC)C(=O)c1c(C)nc2c(OC)cccn12. The Morgan fingerprint density at radius 2 is 2.00 bits per heavy atom. The van der Waals surface area contributed by atoms with E-state index in [9.17, 15) is 4.79 Å². The molecule has 0 N–H and O–H groups in total. The van der Waals surface area contributed by atoms with Crippen molar-refractivity contribution in [2.24, 2.45) is 0 Å². The molecule has 1 amide bonds.